The molecule has 2 rings (SSSR count). The number of carboxylic acid groups (broad SMARTS) is 1. The van der Waals surface area contributed by atoms with E-state index in [1.165, 1.54) is 6.92 Å². The number of Topliss-reactive ketones (excluding diaryl/α,β-unsaturated/α-hetero) is 1. The molecule has 26 heavy (non-hydrogen) atoms. The molecule has 0 unspecified atom stereocenters. The van der Waals surface area contributed by atoms with E-state index >= 15 is 0 Å². The van der Waals surface area contributed by atoms with Crippen molar-refractivity contribution in [2.45, 2.75) is 45.6 Å². The normalized spacial score (nSPS) is 19.5. The standard InChI is InChI=1S/C16H21N3O6S/c1-3-25-14(23)11-12(8(2)20)26-16(18-11)19-15(24)17-10-6-4-9(5-7-10)13(21)22/h9-10H,3-7H2,1-2H3,(H,21,22)(H2,17,18,19,24). The first-order valence-electron chi connectivity index (χ1n) is 8.31. The van der Waals surface area contributed by atoms with E-state index in [9.17, 15) is 19.2 Å². The molecule has 142 valence electrons. The number of anilines is 1. The SMILES string of the molecule is CCOC(=O)c1nc(NC(=O)NC2CCC(C(=O)O)CC2)sc1C(C)=O. The number of aromatic nitrogens is 1. The van der Waals surface area contributed by atoms with Gasteiger partial charge in [-0.25, -0.2) is 14.6 Å². The van der Waals surface area contributed by atoms with Crippen LogP contribution < -0.4 is 10.6 Å². The summed E-state index contributed by atoms with van der Waals surface area (Å²) in [5, 5.41) is 14.4. The number of amides is 2. The van der Waals surface area contributed by atoms with Gasteiger partial charge >= 0.3 is 18.0 Å². The molecule has 0 bridgehead atoms. The maximum Gasteiger partial charge on any atom is 0.358 e. The number of carboxylic acids is 1. The van der Waals surface area contributed by atoms with Gasteiger partial charge in [-0.2, -0.15) is 0 Å². The summed E-state index contributed by atoms with van der Waals surface area (Å²) in [4.78, 5) is 50.7. The number of aliphatic carboxylic acids is 1. The maximum atomic E-state index is 12.1. The predicted molar refractivity (Wildman–Crippen MR) is 93.6 cm³/mol. The van der Waals surface area contributed by atoms with Crippen molar-refractivity contribution in [1.29, 1.82) is 0 Å². The van der Waals surface area contributed by atoms with Gasteiger partial charge in [0.25, 0.3) is 0 Å². The highest BCUT2D eigenvalue weighted by Gasteiger charge is 2.27. The second-order valence-electron chi connectivity index (χ2n) is 5.96. The zero-order chi connectivity index (χ0) is 19.3. The molecule has 1 fully saturated rings. The topological polar surface area (TPSA) is 135 Å². The van der Waals surface area contributed by atoms with Crippen LogP contribution in [0.3, 0.4) is 0 Å². The molecule has 0 aromatic carbocycles. The van der Waals surface area contributed by atoms with E-state index < -0.39 is 18.0 Å². The number of hydrogen-bond acceptors (Lipinski definition) is 7. The van der Waals surface area contributed by atoms with Crippen molar-refractivity contribution in [2.24, 2.45) is 5.92 Å². The number of carbonyl (C=O) groups excluding carboxylic acids is 3. The Balaban J connectivity index is 1.97. The van der Waals surface area contributed by atoms with Crippen molar-refractivity contribution < 1.29 is 29.0 Å². The molecule has 0 spiro atoms. The lowest BCUT2D eigenvalue weighted by atomic mass is 9.86. The van der Waals surface area contributed by atoms with Crippen LogP contribution in [0.5, 0.6) is 0 Å². The van der Waals surface area contributed by atoms with Crippen molar-refractivity contribution in [3.05, 3.63) is 10.6 Å². The molecule has 1 aromatic rings. The lowest BCUT2D eigenvalue weighted by Crippen LogP contribution is -2.40. The second kappa shape index (κ2) is 8.75. The van der Waals surface area contributed by atoms with Crippen LogP contribution in [0.4, 0.5) is 9.93 Å². The summed E-state index contributed by atoms with van der Waals surface area (Å²) in [5.74, 6) is -2.22. The fraction of sp³-hybridized carbons (Fsp3) is 0.562. The third kappa shape index (κ3) is 5.01. The molecule has 1 heterocycles. The Hall–Kier alpha value is -2.49. The Morgan fingerprint density at radius 1 is 1.23 bits per heavy atom. The van der Waals surface area contributed by atoms with Crippen LogP contribution in [0.2, 0.25) is 0 Å². The molecule has 0 aliphatic heterocycles. The van der Waals surface area contributed by atoms with Gasteiger partial charge in [0.15, 0.2) is 16.6 Å². The van der Waals surface area contributed by atoms with E-state index in [0.29, 0.717) is 25.7 Å². The number of carbonyl (C=O) groups is 4. The summed E-state index contributed by atoms with van der Waals surface area (Å²) in [7, 11) is 0. The molecule has 1 aliphatic rings. The zero-order valence-electron chi connectivity index (χ0n) is 14.5. The minimum atomic E-state index is -0.807. The van der Waals surface area contributed by atoms with Gasteiger partial charge < -0.3 is 15.2 Å². The van der Waals surface area contributed by atoms with Crippen LogP contribution in [0.15, 0.2) is 0 Å². The van der Waals surface area contributed by atoms with E-state index in [1.807, 2.05) is 0 Å². The third-order valence-electron chi connectivity index (χ3n) is 4.05. The minimum Gasteiger partial charge on any atom is -0.481 e. The Kier molecular flexibility index (Phi) is 6.67. The number of urea groups is 1. The fourth-order valence-electron chi connectivity index (χ4n) is 2.75. The quantitative estimate of drug-likeness (QED) is 0.506. The average molecular weight is 383 g/mol. The molecule has 1 aromatic heterocycles. The van der Waals surface area contributed by atoms with E-state index in [2.05, 4.69) is 15.6 Å². The monoisotopic (exact) mass is 383 g/mol. The molecule has 3 N–H and O–H groups in total. The third-order valence-corrected chi connectivity index (χ3v) is 5.12. The summed E-state index contributed by atoms with van der Waals surface area (Å²) in [6.07, 6.45) is 2.18. The Bertz CT molecular complexity index is 709. The highest BCUT2D eigenvalue weighted by molar-refractivity contribution is 7.18. The summed E-state index contributed by atoms with van der Waals surface area (Å²) in [5.41, 5.74) is -0.110. The van der Waals surface area contributed by atoms with E-state index in [4.69, 9.17) is 9.84 Å². The first-order valence-corrected chi connectivity index (χ1v) is 9.12. The van der Waals surface area contributed by atoms with Gasteiger partial charge in [-0.1, -0.05) is 11.3 Å². The molecule has 1 saturated carbocycles. The summed E-state index contributed by atoms with van der Waals surface area (Å²) in [6.45, 7) is 3.10. The average Bonchev–Trinajstić information content (AvgIpc) is 2.99. The van der Waals surface area contributed by atoms with Gasteiger partial charge in [-0.15, -0.1) is 0 Å². The molecule has 1 aliphatic carbocycles. The van der Waals surface area contributed by atoms with Crippen LogP contribution in [0.1, 0.15) is 59.7 Å². The molecule has 0 atom stereocenters. The van der Waals surface area contributed by atoms with Crippen molar-refractivity contribution >= 4 is 40.2 Å². The van der Waals surface area contributed by atoms with Gasteiger partial charge in [0.2, 0.25) is 0 Å². The zero-order valence-corrected chi connectivity index (χ0v) is 15.4. The molecule has 0 radical (unpaired) electrons. The number of ketones is 1. The molecule has 10 heteroatoms. The van der Waals surface area contributed by atoms with Gasteiger partial charge in [-0.05, 0) is 32.6 Å². The van der Waals surface area contributed by atoms with Crippen LogP contribution >= 0.6 is 11.3 Å². The summed E-state index contributed by atoms with van der Waals surface area (Å²) < 4.78 is 4.86. The first-order chi connectivity index (χ1) is 12.3. The second-order valence-corrected chi connectivity index (χ2v) is 6.96. The molecule has 9 nitrogen and oxygen atoms in total. The highest BCUT2D eigenvalue weighted by atomic mass is 32.1. The van der Waals surface area contributed by atoms with E-state index in [-0.39, 0.29) is 40.1 Å². The number of nitrogens with zero attached hydrogens (tertiary/aromatic N) is 1. The van der Waals surface area contributed by atoms with E-state index in [1.54, 1.807) is 6.92 Å². The molecule has 0 saturated heterocycles. The predicted octanol–water partition coefficient (Wildman–Crippen LogP) is 2.29. The first kappa shape index (κ1) is 19.8. The lowest BCUT2D eigenvalue weighted by Gasteiger charge is -2.26. The lowest BCUT2D eigenvalue weighted by molar-refractivity contribution is -0.142. The van der Waals surface area contributed by atoms with Crippen molar-refractivity contribution in [3.63, 3.8) is 0 Å². The Labute approximate surface area is 154 Å². The maximum absolute atomic E-state index is 12.1. The number of ether oxygens (including phenoxy) is 1. The van der Waals surface area contributed by atoms with Crippen molar-refractivity contribution in [3.8, 4) is 0 Å². The molecule has 2 amide bonds. The highest BCUT2D eigenvalue weighted by Crippen LogP contribution is 2.26. The number of esters is 1. The van der Waals surface area contributed by atoms with Gasteiger partial charge in [-0.3, -0.25) is 14.9 Å². The van der Waals surface area contributed by atoms with Crippen LogP contribution in [-0.2, 0) is 9.53 Å². The Morgan fingerprint density at radius 3 is 2.42 bits per heavy atom. The summed E-state index contributed by atoms with van der Waals surface area (Å²) >= 11 is 0.905. The number of thiazole rings is 1. The molecular weight excluding hydrogens is 362 g/mol. The van der Waals surface area contributed by atoms with E-state index in [0.717, 1.165) is 11.3 Å². The largest absolute Gasteiger partial charge is 0.481 e. The molecular formula is C16H21N3O6S. The van der Waals surface area contributed by atoms with Crippen LogP contribution in [-0.4, -0.2) is 46.5 Å². The Morgan fingerprint density at radius 2 is 1.88 bits per heavy atom. The van der Waals surface area contributed by atoms with Gasteiger partial charge in [0, 0.05) is 13.0 Å². The van der Waals surface area contributed by atoms with Crippen molar-refractivity contribution in [1.82, 2.24) is 10.3 Å². The van der Waals surface area contributed by atoms with Crippen LogP contribution in [0.25, 0.3) is 0 Å². The number of hydrogen-bond donors (Lipinski definition) is 3. The minimum absolute atomic E-state index is 0.110. The van der Waals surface area contributed by atoms with Crippen molar-refractivity contribution in [2.75, 3.05) is 11.9 Å². The van der Waals surface area contributed by atoms with Gasteiger partial charge in [0.05, 0.1) is 12.5 Å². The number of rotatable bonds is 6. The number of nitrogens with one attached hydrogen (secondary N) is 2. The smallest absolute Gasteiger partial charge is 0.358 e. The van der Waals surface area contributed by atoms with Gasteiger partial charge in [0.1, 0.15) is 4.88 Å². The van der Waals surface area contributed by atoms with Crippen LogP contribution in [0, 0.1) is 5.92 Å². The fourth-order valence-corrected chi connectivity index (χ4v) is 3.60. The summed E-state index contributed by atoms with van der Waals surface area (Å²) in [6, 6.07) is -0.634.